The molecule has 2 fully saturated rings. The molecule has 0 saturated carbocycles. The summed E-state index contributed by atoms with van der Waals surface area (Å²) in [5.41, 5.74) is 4.83. The van der Waals surface area contributed by atoms with E-state index in [9.17, 15) is 8.42 Å². The molecule has 0 amide bonds. The van der Waals surface area contributed by atoms with E-state index in [0.717, 1.165) is 35.9 Å². The van der Waals surface area contributed by atoms with Crippen LogP contribution in [0, 0.1) is 6.92 Å². The number of fused-ring (bicyclic) bond motifs is 1. The standard InChI is InChI=1S/C29H38N6O3S/c1-21-19-30-29(32-28(21)26-18-22-10-17-35(39(2,36)37)20-27(22)38-26)31-23-6-8-24(9-7-23)34-15-11-25(12-16-34)33-13-4-3-5-14-33/h6-9,18-19,25H,3-5,10-17,20H2,1-2H3,(H,30,31,32). The molecule has 3 aliphatic heterocycles. The Balaban J connectivity index is 1.11. The van der Waals surface area contributed by atoms with Crippen molar-refractivity contribution in [2.75, 3.05) is 49.2 Å². The maximum Gasteiger partial charge on any atom is 0.227 e. The van der Waals surface area contributed by atoms with Gasteiger partial charge in [-0.25, -0.2) is 18.4 Å². The fourth-order valence-electron chi connectivity index (χ4n) is 6.11. The zero-order valence-corrected chi connectivity index (χ0v) is 23.7. The van der Waals surface area contributed by atoms with Crippen molar-refractivity contribution in [2.45, 2.75) is 58.0 Å². The lowest BCUT2D eigenvalue weighted by molar-refractivity contribution is 0.141. The summed E-state index contributed by atoms with van der Waals surface area (Å²) >= 11 is 0. The molecule has 3 aliphatic rings. The van der Waals surface area contributed by atoms with Gasteiger partial charge in [0, 0.05) is 43.2 Å². The van der Waals surface area contributed by atoms with Gasteiger partial charge >= 0.3 is 0 Å². The van der Waals surface area contributed by atoms with Crippen LogP contribution in [0.4, 0.5) is 17.3 Å². The SMILES string of the molecule is Cc1cnc(Nc2ccc(N3CCC(N4CCCCC4)CC3)cc2)nc1-c1cc2c(o1)CN(S(C)(=O)=O)CC2. The minimum Gasteiger partial charge on any atom is -0.458 e. The summed E-state index contributed by atoms with van der Waals surface area (Å²) in [4.78, 5) is 14.4. The Morgan fingerprint density at radius 1 is 1.00 bits per heavy atom. The quantitative estimate of drug-likeness (QED) is 0.477. The van der Waals surface area contributed by atoms with Gasteiger partial charge in [0.1, 0.15) is 11.5 Å². The number of hydrogen-bond acceptors (Lipinski definition) is 8. The molecule has 0 atom stereocenters. The van der Waals surface area contributed by atoms with Gasteiger partial charge in [0.15, 0.2) is 5.76 Å². The van der Waals surface area contributed by atoms with Gasteiger partial charge in [-0.1, -0.05) is 6.42 Å². The molecule has 5 heterocycles. The van der Waals surface area contributed by atoms with Crippen LogP contribution >= 0.6 is 0 Å². The summed E-state index contributed by atoms with van der Waals surface area (Å²) in [7, 11) is -3.26. The van der Waals surface area contributed by atoms with Gasteiger partial charge in [-0.05, 0) is 93.6 Å². The lowest BCUT2D eigenvalue weighted by Gasteiger charge is -2.41. The molecule has 0 radical (unpaired) electrons. The second-order valence-corrected chi connectivity index (χ2v) is 13.1. The molecule has 2 aromatic heterocycles. The van der Waals surface area contributed by atoms with Gasteiger partial charge in [-0.2, -0.15) is 4.31 Å². The molecular formula is C29H38N6O3S. The number of benzene rings is 1. The van der Waals surface area contributed by atoms with Gasteiger partial charge in [-0.3, -0.25) is 0 Å². The first kappa shape index (κ1) is 26.3. The number of sulfonamides is 1. The largest absolute Gasteiger partial charge is 0.458 e. The second kappa shape index (κ2) is 10.9. The molecule has 2 saturated heterocycles. The van der Waals surface area contributed by atoms with Crippen LogP contribution in [0.15, 0.2) is 40.9 Å². The molecule has 1 aromatic carbocycles. The maximum atomic E-state index is 12.0. The minimum absolute atomic E-state index is 0.256. The molecule has 3 aromatic rings. The fourth-order valence-corrected chi connectivity index (χ4v) is 6.88. The lowest BCUT2D eigenvalue weighted by Crippen LogP contribution is -2.46. The number of anilines is 3. The van der Waals surface area contributed by atoms with Crippen molar-refractivity contribution in [1.29, 1.82) is 0 Å². The highest BCUT2D eigenvalue weighted by Crippen LogP contribution is 2.32. The average Bonchev–Trinajstić information content (AvgIpc) is 3.38. The first-order valence-corrected chi connectivity index (χ1v) is 15.9. The van der Waals surface area contributed by atoms with E-state index >= 15 is 0 Å². The first-order valence-electron chi connectivity index (χ1n) is 14.1. The number of piperidine rings is 2. The summed E-state index contributed by atoms with van der Waals surface area (Å²) in [5, 5.41) is 3.33. The van der Waals surface area contributed by atoms with Crippen molar-refractivity contribution in [3.63, 3.8) is 0 Å². The Labute approximate surface area is 231 Å². The van der Waals surface area contributed by atoms with Crippen molar-refractivity contribution in [1.82, 2.24) is 19.2 Å². The molecular weight excluding hydrogens is 512 g/mol. The third-order valence-electron chi connectivity index (χ3n) is 8.38. The Morgan fingerprint density at radius 3 is 2.46 bits per heavy atom. The van der Waals surface area contributed by atoms with Gasteiger partial charge in [0.25, 0.3) is 0 Å². The number of hydrogen-bond donors (Lipinski definition) is 1. The Bertz CT molecular complexity index is 1410. The zero-order chi connectivity index (χ0) is 27.0. The van der Waals surface area contributed by atoms with E-state index in [-0.39, 0.29) is 6.54 Å². The van der Waals surface area contributed by atoms with Crippen LogP contribution in [0.2, 0.25) is 0 Å². The summed E-state index contributed by atoms with van der Waals surface area (Å²) in [6.45, 7) is 7.43. The number of aromatic nitrogens is 2. The van der Waals surface area contributed by atoms with Crippen molar-refractivity contribution in [2.24, 2.45) is 0 Å². The Hall–Kier alpha value is -2.95. The molecule has 6 rings (SSSR count). The van der Waals surface area contributed by atoms with E-state index in [1.165, 1.54) is 61.4 Å². The van der Waals surface area contributed by atoms with Crippen molar-refractivity contribution >= 4 is 27.3 Å². The fraction of sp³-hybridized carbons (Fsp3) is 0.517. The molecule has 0 aliphatic carbocycles. The van der Waals surface area contributed by atoms with Crippen molar-refractivity contribution in [3.8, 4) is 11.5 Å². The third-order valence-corrected chi connectivity index (χ3v) is 9.63. The molecule has 0 unspecified atom stereocenters. The number of rotatable bonds is 6. The number of furan rings is 1. The Kier molecular flexibility index (Phi) is 7.35. The van der Waals surface area contributed by atoms with E-state index in [1.54, 1.807) is 6.20 Å². The number of likely N-dealkylation sites (tertiary alicyclic amines) is 1. The topological polar surface area (TPSA) is 94.8 Å². The van der Waals surface area contributed by atoms with E-state index in [2.05, 4.69) is 44.4 Å². The second-order valence-electron chi connectivity index (χ2n) is 11.1. The Morgan fingerprint density at radius 2 is 1.74 bits per heavy atom. The predicted molar refractivity (Wildman–Crippen MR) is 154 cm³/mol. The zero-order valence-electron chi connectivity index (χ0n) is 22.9. The minimum atomic E-state index is -3.26. The van der Waals surface area contributed by atoms with Crippen LogP contribution in [0.5, 0.6) is 0 Å². The van der Waals surface area contributed by atoms with Gasteiger partial charge < -0.3 is 19.5 Å². The molecule has 0 bridgehead atoms. The van der Waals surface area contributed by atoms with Crippen LogP contribution in [-0.4, -0.2) is 72.6 Å². The summed E-state index contributed by atoms with van der Waals surface area (Å²) < 4.78 is 31.5. The van der Waals surface area contributed by atoms with Crippen molar-refractivity contribution < 1.29 is 12.8 Å². The van der Waals surface area contributed by atoms with Crippen LogP contribution < -0.4 is 10.2 Å². The summed E-state index contributed by atoms with van der Waals surface area (Å²) in [5.74, 6) is 1.82. The van der Waals surface area contributed by atoms with Gasteiger partial charge in [0.2, 0.25) is 16.0 Å². The highest BCUT2D eigenvalue weighted by atomic mass is 32.2. The highest BCUT2D eigenvalue weighted by molar-refractivity contribution is 7.88. The maximum absolute atomic E-state index is 12.0. The first-order chi connectivity index (χ1) is 18.8. The third kappa shape index (κ3) is 5.83. The molecule has 1 N–H and O–H groups in total. The van der Waals surface area contributed by atoms with Crippen molar-refractivity contribution in [3.05, 3.63) is 53.4 Å². The molecule has 208 valence electrons. The number of aryl methyl sites for hydroxylation is 1. The van der Waals surface area contributed by atoms with Crippen LogP contribution in [-0.2, 0) is 23.0 Å². The van der Waals surface area contributed by atoms with Crippen LogP contribution in [0.25, 0.3) is 11.5 Å². The monoisotopic (exact) mass is 550 g/mol. The lowest BCUT2D eigenvalue weighted by atomic mass is 9.99. The van der Waals surface area contributed by atoms with E-state index in [4.69, 9.17) is 9.40 Å². The highest BCUT2D eigenvalue weighted by Gasteiger charge is 2.28. The van der Waals surface area contributed by atoms with E-state index in [0.29, 0.717) is 36.1 Å². The molecule has 10 heteroatoms. The summed E-state index contributed by atoms with van der Waals surface area (Å²) in [6, 6.07) is 11.2. The van der Waals surface area contributed by atoms with Gasteiger partial charge in [-0.15, -0.1) is 0 Å². The van der Waals surface area contributed by atoms with E-state index < -0.39 is 10.0 Å². The number of nitrogens with zero attached hydrogens (tertiary/aromatic N) is 5. The van der Waals surface area contributed by atoms with Gasteiger partial charge in [0.05, 0.1) is 12.8 Å². The smallest absolute Gasteiger partial charge is 0.227 e. The predicted octanol–water partition coefficient (Wildman–Crippen LogP) is 4.56. The molecule has 9 nitrogen and oxygen atoms in total. The number of nitrogens with one attached hydrogen (secondary N) is 1. The van der Waals surface area contributed by atoms with E-state index in [1.807, 2.05) is 13.0 Å². The normalized spacial score (nSPS) is 19.7. The summed E-state index contributed by atoms with van der Waals surface area (Å²) in [6.07, 6.45) is 10.2. The molecule has 0 spiro atoms. The van der Waals surface area contributed by atoms with Crippen LogP contribution in [0.1, 0.15) is 49.0 Å². The molecule has 39 heavy (non-hydrogen) atoms. The van der Waals surface area contributed by atoms with Crippen LogP contribution in [0.3, 0.4) is 0 Å². The average molecular weight is 551 g/mol.